The molecule has 0 amide bonds. The van der Waals surface area contributed by atoms with Crippen LogP contribution in [0.25, 0.3) is 0 Å². The Morgan fingerprint density at radius 2 is 1.74 bits per heavy atom. The van der Waals surface area contributed by atoms with Gasteiger partial charge >= 0.3 is 0 Å². The highest BCUT2D eigenvalue weighted by Gasteiger charge is 2.44. The Bertz CT molecular complexity index is 456. The van der Waals surface area contributed by atoms with E-state index in [-0.39, 0.29) is 4.87 Å². The number of rotatable bonds is 1. The van der Waals surface area contributed by atoms with Gasteiger partial charge in [0.2, 0.25) is 0 Å². The second-order valence-electron chi connectivity index (χ2n) is 5.07. The maximum absolute atomic E-state index is 6.67. The molecule has 1 aromatic carbocycles. The van der Waals surface area contributed by atoms with E-state index in [0.717, 1.165) is 44.5 Å². The Hall–Kier alpha value is -0.840. The summed E-state index contributed by atoms with van der Waals surface area (Å²) in [6.45, 7) is 4.87. The normalized spacial score (nSPS) is 21.9. The summed E-state index contributed by atoms with van der Waals surface area (Å²) >= 11 is 12.2. The Balaban J connectivity index is 1.61. The van der Waals surface area contributed by atoms with Crippen LogP contribution in [0.5, 0.6) is 0 Å². The van der Waals surface area contributed by atoms with Gasteiger partial charge in [-0.2, -0.15) is 0 Å². The molecule has 3 rings (SSSR count). The molecule has 0 spiro atoms. The lowest BCUT2D eigenvalue weighted by Crippen LogP contribution is -2.62. The van der Waals surface area contributed by atoms with Gasteiger partial charge in [-0.15, -0.1) is 11.6 Å². The quantitative estimate of drug-likeness (QED) is 0.582. The highest BCUT2D eigenvalue weighted by atomic mass is 35.5. The topological polar surface area (TPSA) is 15.7 Å². The van der Waals surface area contributed by atoms with Gasteiger partial charge in [-0.25, -0.2) is 0 Å². The Morgan fingerprint density at radius 3 is 2.37 bits per heavy atom. The van der Waals surface area contributed by atoms with Crippen molar-refractivity contribution in [2.45, 2.75) is 4.87 Å². The third-order valence-corrected chi connectivity index (χ3v) is 4.70. The third-order valence-electron chi connectivity index (χ3n) is 3.73. The van der Waals surface area contributed by atoms with Crippen LogP contribution in [0.15, 0.2) is 30.3 Å². The van der Waals surface area contributed by atoms with Crippen molar-refractivity contribution in [1.82, 2.24) is 9.80 Å². The van der Waals surface area contributed by atoms with Crippen LogP contribution in [0.4, 0.5) is 0 Å². The number of benzene rings is 1. The van der Waals surface area contributed by atoms with Crippen molar-refractivity contribution in [2.24, 2.45) is 0 Å². The molecule has 0 bridgehead atoms. The van der Waals surface area contributed by atoms with Gasteiger partial charge < -0.3 is 14.5 Å². The Kier molecular flexibility index (Phi) is 3.65. The number of thiocarbonyl (C=S) groups is 1. The lowest BCUT2D eigenvalue weighted by molar-refractivity contribution is 0.0587. The zero-order chi connectivity index (χ0) is 13.3. The smallest absolute Gasteiger partial charge is 0.171 e. The average molecular weight is 297 g/mol. The second-order valence-corrected chi connectivity index (χ2v) is 6.16. The first-order valence-corrected chi connectivity index (χ1v) is 7.34. The van der Waals surface area contributed by atoms with Crippen LogP contribution in [0.3, 0.4) is 0 Å². The van der Waals surface area contributed by atoms with Crippen molar-refractivity contribution < 1.29 is 4.74 Å². The molecule has 0 aliphatic carbocycles. The molecule has 19 heavy (non-hydrogen) atoms. The molecule has 0 saturated carbocycles. The first kappa shape index (κ1) is 13.2. The van der Waals surface area contributed by atoms with Crippen molar-refractivity contribution >= 4 is 28.9 Å². The fourth-order valence-electron chi connectivity index (χ4n) is 2.57. The van der Waals surface area contributed by atoms with Crippen LogP contribution >= 0.6 is 23.8 Å². The summed E-state index contributed by atoms with van der Waals surface area (Å²) in [7, 11) is 0. The summed E-state index contributed by atoms with van der Waals surface area (Å²) in [6, 6.07) is 10.2. The molecule has 2 aliphatic rings. The zero-order valence-electron chi connectivity index (χ0n) is 10.7. The standard InChI is InChI=1S/C14H17ClN2OS/c15-14(12-4-2-1-3-5-12)10-17(11-14)13(19)16-6-8-18-9-7-16/h1-5H,6-11H2. The van der Waals surface area contributed by atoms with Crippen molar-refractivity contribution in [1.29, 1.82) is 0 Å². The maximum atomic E-state index is 6.67. The third kappa shape index (κ3) is 2.57. The summed E-state index contributed by atoms with van der Waals surface area (Å²) < 4.78 is 5.35. The highest BCUT2D eigenvalue weighted by Crippen LogP contribution is 2.39. The van der Waals surface area contributed by atoms with Crippen molar-refractivity contribution in [2.75, 3.05) is 39.4 Å². The van der Waals surface area contributed by atoms with Crippen LogP contribution in [-0.4, -0.2) is 54.3 Å². The SMILES string of the molecule is S=C(N1CCOCC1)N1CC(Cl)(c2ccccc2)C1. The summed E-state index contributed by atoms with van der Waals surface area (Å²) in [5, 5.41) is 0.913. The maximum Gasteiger partial charge on any atom is 0.171 e. The Labute approximate surface area is 124 Å². The van der Waals surface area contributed by atoms with Crippen LogP contribution in [-0.2, 0) is 9.61 Å². The van der Waals surface area contributed by atoms with Crippen molar-refractivity contribution in [3.8, 4) is 0 Å². The minimum Gasteiger partial charge on any atom is -0.378 e. The van der Waals surface area contributed by atoms with Gasteiger partial charge in [0.05, 0.1) is 13.2 Å². The fourth-order valence-corrected chi connectivity index (χ4v) is 3.29. The molecule has 3 nitrogen and oxygen atoms in total. The van der Waals surface area contributed by atoms with Crippen LogP contribution < -0.4 is 0 Å². The first-order valence-electron chi connectivity index (χ1n) is 6.55. The van der Waals surface area contributed by atoms with E-state index in [9.17, 15) is 0 Å². The first-order chi connectivity index (χ1) is 9.19. The predicted octanol–water partition coefficient (Wildman–Crippen LogP) is 2.05. The molecule has 0 N–H and O–H groups in total. The van der Waals surface area contributed by atoms with Crippen LogP contribution in [0, 0.1) is 0 Å². The fraction of sp³-hybridized carbons (Fsp3) is 0.500. The number of likely N-dealkylation sites (tertiary alicyclic amines) is 1. The van der Waals surface area contributed by atoms with Crippen molar-refractivity contribution in [3.05, 3.63) is 35.9 Å². The lowest BCUT2D eigenvalue weighted by atomic mass is 9.91. The van der Waals surface area contributed by atoms with Gasteiger partial charge in [0.25, 0.3) is 0 Å². The highest BCUT2D eigenvalue weighted by molar-refractivity contribution is 7.80. The van der Waals surface area contributed by atoms with Crippen molar-refractivity contribution in [3.63, 3.8) is 0 Å². The number of alkyl halides is 1. The summed E-state index contributed by atoms with van der Waals surface area (Å²) in [4.78, 5) is 4.11. The van der Waals surface area contributed by atoms with E-state index in [1.807, 2.05) is 18.2 Å². The number of hydrogen-bond donors (Lipinski definition) is 0. The largest absolute Gasteiger partial charge is 0.378 e. The molecule has 0 unspecified atom stereocenters. The van der Waals surface area contributed by atoms with Crippen LogP contribution in [0.2, 0.25) is 0 Å². The van der Waals surface area contributed by atoms with E-state index in [1.54, 1.807) is 0 Å². The molecule has 2 heterocycles. The van der Waals surface area contributed by atoms with E-state index in [0.29, 0.717) is 0 Å². The zero-order valence-corrected chi connectivity index (χ0v) is 12.3. The molecule has 102 valence electrons. The minimum absolute atomic E-state index is 0.280. The van der Waals surface area contributed by atoms with Gasteiger partial charge in [0.1, 0.15) is 4.87 Å². The molecule has 0 radical (unpaired) electrons. The molecule has 2 saturated heterocycles. The van der Waals surface area contributed by atoms with E-state index >= 15 is 0 Å². The number of morpholine rings is 1. The molecule has 1 aromatic rings. The van der Waals surface area contributed by atoms with Crippen LogP contribution in [0.1, 0.15) is 5.56 Å². The lowest BCUT2D eigenvalue weighted by Gasteiger charge is -2.50. The summed E-state index contributed by atoms with van der Waals surface area (Å²) in [5.41, 5.74) is 1.18. The monoisotopic (exact) mass is 296 g/mol. The number of ether oxygens (including phenoxy) is 1. The second kappa shape index (κ2) is 5.27. The molecular weight excluding hydrogens is 280 g/mol. The predicted molar refractivity (Wildman–Crippen MR) is 80.5 cm³/mol. The Morgan fingerprint density at radius 1 is 1.11 bits per heavy atom. The van der Waals surface area contributed by atoms with E-state index < -0.39 is 0 Å². The number of halogens is 1. The van der Waals surface area contributed by atoms with Gasteiger partial charge in [-0.3, -0.25) is 0 Å². The molecule has 2 aliphatic heterocycles. The molecule has 0 aromatic heterocycles. The summed E-state index contributed by atoms with van der Waals surface area (Å²) in [6.07, 6.45) is 0. The average Bonchev–Trinajstić information content (AvgIpc) is 2.45. The summed E-state index contributed by atoms with van der Waals surface area (Å²) in [5.74, 6) is 0. The van der Waals surface area contributed by atoms with E-state index in [4.69, 9.17) is 28.6 Å². The number of hydrogen-bond acceptors (Lipinski definition) is 2. The van der Waals surface area contributed by atoms with E-state index in [2.05, 4.69) is 21.9 Å². The molecule has 5 heteroatoms. The van der Waals surface area contributed by atoms with Gasteiger partial charge in [-0.05, 0) is 17.8 Å². The van der Waals surface area contributed by atoms with Gasteiger partial charge in [0, 0.05) is 26.2 Å². The van der Waals surface area contributed by atoms with Gasteiger partial charge in [0.15, 0.2) is 5.11 Å². The number of nitrogens with zero attached hydrogens (tertiary/aromatic N) is 2. The molecule has 0 atom stereocenters. The molecule has 2 fully saturated rings. The molecular formula is C14H17ClN2OS. The van der Waals surface area contributed by atoms with Gasteiger partial charge in [-0.1, -0.05) is 30.3 Å². The minimum atomic E-state index is -0.280. The van der Waals surface area contributed by atoms with E-state index in [1.165, 1.54) is 5.56 Å².